The van der Waals surface area contributed by atoms with Gasteiger partial charge in [-0.15, -0.1) is 12.6 Å². The molecule has 3 aromatic rings. The molecule has 0 radical (unpaired) electrons. The molecule has 0 fully saturated rings. The summed E-state index contributed by atoms with van der Waals surface area (Å²) < 4.78 is 11.6. The van der Waals surface area contributed by atoms with Gasteiger partial charge in [0.15, 0.2) is 0 Å². The summed E-state index contributed by atoms with van der Waals surface area (Å²) in [4.78, 5) is 0.937. The first-order valence-electron chi connectivity index (χ1n) is 6.10. The van der Waals surface area contributed by atoms with Crippen LogP contribution in [-0.4, -0.2) is 0 Å². The topological polar surface area (TPSA) is 22.4 Å². The number of rotatable bonds is 2. The Morgan fingerprint density at radius 1 is 1.00 bits per heavy atom. The summed E-state index contributed by atoms with van der Waals surface area (Å²) >= 11 is 4.36. The molecule has 2 nitrogen and oxygen atoms in total. The van der Waals surface area contributed by atoms with E-state index < -0.39 is 0 Å². The number of para-hydroxylation sites is 1. The van der Waals surface area contributed by atoms with Crippen LogP contribution < -0.4 is 4.74 Å². The third-order valence-electron chi connectivity index (χ3n) is 3.05. The van der Waals surface area contributed by atoms with Crippen LogP contribution in [0.4, 0.5) is 0 Å². The normalized spacial score (nSPS) is 10.9. The van der Waals surface area contributed by atoms with Gasteiger partial charge in [0, 0.05) is 16.3 Å². The van der Waals surface area contributed by atoms with Crippen molar-refractivity contribution in [2.45, 2.75) is 18.7 Å². The summed E-state index contributed by atoms with van der Waals surface area (Å²) in [5, 5.41) is 1.04. The second-order valence-corrected chi connectivity index (χ2v) is 5.13. The molecule has 1 heterocycles. The van der Waals surface area contributed by atoms with Crippen LogP contribution in [0.5, 0.6) is 11.7 Å². The zero-order valence-electron chi connectivity index (χ0n) is 10.8. The Balaban J connectivity index is 2.01. The maximum atomic E-state index is 5.88. The van der Waals surface area contributed by atoms with E-state index in [1.165, 1.54) is 0 Å². The van der Waals surface area contributed by atoms with E-state index in [0.717, 1.165) is 32.7 Å². The molecule has 1 aromatic heterocycles. The van der Waals surface area contributed by atoms with Gasteiger partial charge >= 0.3 is 0 Å². The summed E-state index contributed by atoms with van der Waals surface area (Å²) in [6.07, 6.45) is 0. The quantitative estimate of drug-likeness (QED) is 0.652. The van der Waals surface area contributed by atoms with E-state index in [2.05, 4.69) is 12.6 Å². The number of furan rings is 1. The van der Waals surface area contributed by atoms with Crippen molar-refractivity contribution in [1.29, 1.82) is 0 Å². The van der Waals surface area contributed by atoms with E-state index in [1.54, 1.807) is 0 Å². The van der Waals surface area contributed by atoms with Crippen LogP contribution in [-0.2, 0) is 0 Å². The van der Waals surface area contributed by atoms with Gasteiger partial charge < -0.3 is 9.15 Å². The van der Waals surface area contributed by atoms with Gasteiger partial charge in [0.25, 0.3) is 5.95 Å². The fourth-order valence-electron chi connectivity index (χ4n) is 2.20. The van der Waals surface area contributed by atoms with Crippen molar-refractivity contribution in [1.82, 2.24) is 0 Å². The number of fused-ring (bicyclic) bond motifs is 1. The number of hydrogen-bond acceptors (Lipinski definition) is 3. The van der Waals surface area contributed by atoms with Gasteiger partial charge in [-0.2, -0.15) is 0 Å². The molecule has 3 heteroatoms. The minimum atomic E-state index is 0.513. The van der Waals surface area contributed by atoms with Crippen LogP contribution in [0.3, 0.4) is 0 Å². The fraction of sp³-hybridized carbons (Fsp3) is 0.125. The first-order valence-corrected chi connectivity index (χ1v) is 6.55. The average Bonchev–Trinajstić information content (AvgIpc) is 2.76. The summed E-state index contributed by atoms with van der Waals surface area (Å²) in [5.41, 5.74) is 2.93. The van der Waals surface area contributed by atoms with Crippen molar-refractivity contribution in [3.63, 3.8) is 0 Å². The number of benzene rings is 2. The zero-order chi connectivity index (χ0) is 13.4. The highest BCUT2D eigenvalue weighted by molar-refractivity contribution is 7.80. The van der Waals surface area contributed by atoms with E-state index in [0.29, 0.717) is 5.95 Å². The third-order valence-corrected chi connectivity index (χ3v) is 3.31. The molecule has 0 aliphatic heterocycles. The molecule has 0 saturated heterocycles. The Morgan fingerprint density at radius 3 is 2.37 bits per heavy atom. The highest BCUT2D eigenvalue weighted by atomic mass is 32.1. The van der Waals surface area contributed by atoms with Gasteiger partial charge in [0.1, 0.15) is 11.3 Å². The minimum absolute atomic E-state index is 0.513. The van der Waals surface area contributed by atoms with Crippen molar-refractivity contribution < 1.29 is 9.15 Å². The van der Waals surface area contributed by atoms with E-state index in [4.69, 9.17) is 9.15 Å². The van der Waals surface area contributed by atoms with Gasteiger partial charge in [-0.1, -0.05) is 18.2 Å². The van der Waals surface area contributed by atoms with Crippen LogP contribution in [0.1, 0.15) is 11.1 Å². The number of aryl methyl sites for hydroxylation is 2. The van der Waals surface area contributed by atoms with Crippen LogP contribution in [0.2, 0.25) is 0 Å². The van der Waals surface area contributed by atoms with E-state index in [-0.39, 0.29) is 0 Å². The maximum Gasteiger partial charge on any atom is 0.291 e. The molecule has 0 bridgehead atoms. The Kier molecular flexibility index (Phi) is 2.99. The molecule has 19 heavy (non-hydrogen) atoms. The summed E-state index contributed by atoms with van der Waals surface area (Å²) in [6, 6.07) is 13.7. The summed E-state index contributed by atoms with van der Waals surface area (Å²) in [7, 11) is 0. The highest BCUT2D eigenvalue weighted by Gasteiger charge is 2.10. The van der Waals surface area contributed by atoms with Crippen LogP contribution >= 0.6 is 12.6 Å². The molecule has 2 aromatic carbocycles. The smallest absolute Gasteiger partial charge is 0.291 e. The van der Waals surface area contributed by atoms with Crippen LogP contribution in [0.25, 0.3) is 11.0 Å². The monoisotopic (exact) mass is 270 g/mol. The van der Waals surface area contributed by atoms with Gasteiger partial charge in [0.05, 0.1) is 0 Å². The molecule has 0 aliphatic rings. The van der Waals surface area contributed by atoms with E-state index in [1.807, 2.05) is 56.3 Å². The molecule has 0 amide bonds. The van der Waals surface area contributed by atoms with Gasteiger partial charge in [-0.05, 0) is 43.2 Å². The van der Waals surface area contributed by atoms with Crippen LogP contribution in [0, 0.1) is 13.8 Å². The average molecular weight is 270 g/mol. The molecule has 0 aliphatic carbocycles. The first-order chi connectivity index (χ1) is 9.13. The molecule has 0 N–H and O–H groups in total. The summed E-state index contributed by atoms with van der Waals surface area (Å²) in [6.45, 7) is 4.01. The lowest BCUT2D eigenvalue weighted by Gasteiger charge is -2.10. The predicted molar refractivity (Wildman–Crippen MR) is 79.5 cm³/mol. The molecule has 96 valence electrons. The summed E-state index contributed by atoms with van der Waals surface area (Å²) in [5.74, 6) is 1.34. The second-order valence-electron chi connectivity index (χ2n) is 4.61. The molecule has 0 atom stereocenters. The van der Waals surface area contributed by atoms with E-state index in [9.17, 15) is 0 Å². The maximum absolute atomic E-state index is 5.88. The Hall–Kier alpha value is -1.87. The third kappa shape index (κ3) is 2.34. The van der Waals surface area contributed by atoms with Crippen LogP contribution in [0.15, 0.2) is 51.8 Å². The minimum Gasteiger partial charge on any atom is -0.425 e. The Morgan fingerprint density at radius 2 is 1.68 bits per heavy atom. The van der Waals surface area contributed by atoms with Crippen molar-refractivity contribution in [2.75, 3.05) is 0 Å². The predicted octanol–water partition coefficient (Wildman–Crippen LogP) is 5.13. The lowest BCUT2D eigenvalue weighted by atomic mass is 10.1. The fourth-order valence-corrected chi connectivity index (χ4v) is 2.58. The van der Waals surface area contributed by atoms with Crippen molar-refractivity contribution in [2.24, 2.45) is 0 Å². The zero-order valence-corrected chi connectivity index (χ0v) is 11.7. The van der Waals surface area contributed by atoms with Gasteiger partial charge in [-0.3, -0.25) is 0 Å². The first kappa shape index (κ1) is 12.2. The molecule has 3 rings (SSSR count). The highest BCUT2D eigenvalue weighted by Crippen LogP contribution is 2.33. The number of thiol groups is 1. The van der Waals surface area contributed by atoms with Gasteiger partial charge in [0.2, 0.25) is 0 Å². The number of ether oxygens (including phenoxy) is 1. The molecule has 0 spiro atoms. The Bertz CT molecular complexity index is 687. The van der Waals surface area contributed by atoms with Crippen molar-refractivity contribution in [3.8, 4) is 11.7 Å². The molecular formula is C16H14O2S. The molecular weight excluding hydrogens is 256 g/mol. The van der Waals surface area contributed by atoms with Gasteiger partial charge in [-0.25, -0.2) is 0 Å². The lowest BCUT2D eigenvalue weighted by molar-refractivity contribution is 0.356. The van der Waals surface area contributed by atoms with Crippen molar-refractivity contribution in [3.05, 3.63) is 53.6 Å². The Labute approximate surface area is 117 Å². The second kappa shape index (κ2) is 4.67. The standard InChI is InChI=1S/C16H14O2S/c1-10-7-13(19)8-11(2)16(10)18-15-9-12-5-3-4-6-14(12)17-15/h3-9,19H,1-2H3. The number of hydrogen-bond donors (Lipinski definition) is 1. The van der Waals surface area contributed by atoms with Crippen molar-refractivity contribution >= 4 is 23.6 Å². The molecule has 0 saturated carbocycles. The van der Waals surface area contributed by atoms with E-state index >= 15 is 0 Å². The lowest BCUT2D eigenvalue weighted by Crippen LogP contribution is -1.90. The molecule has 0 unspecified atom stereocenters. The largest absolute Gasteiger partial charge is 0.425 e. The SMILES string of the molecule is Cc1cc(S)cc(C)c1Oc1cc2ccccc2o1.